The van der Waals surface area contributed by atoms with Crippen LogP contribution in [-0.2, 0) is 10.0 Å². The Kier molecular flexibility index (Phi) is 4.22. The van der Waals surface area contributed by atoms with Crippen LogP contribution in [0.5, 0.6) is 5.75 Å². The van der Waals surface area contributed by atoms with E-state index in [2.05, 4.69) is 4.72 Å². The van der Waals surface area contributed by atoms with Crippen LogP contribution in [0.3, 0.4) is 0 Å². The lowest BCUT2D eigenvalue weighted by molar-refractivity contribution is 0.471. The lowest BCUT2D eigenvalue weighted by Crippen LogP contribution is -2.14. The Morgan fingerprint density at radius 1 is 1.19 bits per heavy atom. The topological polar surface area (TPSA) is 92.4 Å². The zero-order chi connectivity index (χ0) is 15.8. The average Bonchev–Trinajstić information content (AvgIpc) is 2.39. The molecule has 0 spiro atoms. The van der Waals surface area contributed by atoms with E-state index in [-0.39, 0.29) is 32.1 Å². The van der Waals surface area contributed by atoms with Crippen molar-refractivity contribution in [1.82, 2.24) is 0 Å². The molecule has 0 aliphatic heterocycles. The van der Waals surface area contributed by atoms with Gasteiger partial charge in [0.15, 0.2) is 0 Å². The summed E-state index contributed by atoms with van der Waals surface area (Å²) in [5, 5.41) is 9.63. The second-order valence-corrected chi connectivity index (χ2v) is 6.82. The van der Waals surface area contributed by atoms with Crippen molar-refractivity contribution in [3.63, 3.8) is 0 Å². The van der Waals surface area contributed by atoms with Crippen molar-refractivity contribution in [3.05, 3.63) is 45.9 Å². The average molecular weight is 347 g/mol. The number of hydrogen-bond donors (Lipinski definition) is 3. The van der Waals surface area contributed by atoms with Gasteiger partial charge in [-0.05, 0) is 30.7 Å². The second kappa shape index (κ2) is 5.63. The third-order valence-electron chi connectivity index (χ3n) is 2.84. The highest BCUT2D eigenvalue weighted by molar-refractivity contribution is 7.92. The van der Waals surface area contributed by atoms with Gasteiger partial charge >= 0.3 is 0 Å². The zero-order valence-electron chi connectivity index (χ0n) is 10.9. The molecule has 112 valence electrons. The van der Waals surface area contributed by atoms with Gasteiger partial charge in [-0.3, -0.25) is 4.72 Å². The van der Waals surface area contributed by atoms with Crippen LogP contribution in [0, 0.1) is 6.92 Å². The van der Waals surface area contributed by atoms with Crippen molar-refractivity contribution in [2.24, 2.45) is 0 Å². The Bertz CT molecular complexity index is 807. The van der Waals surface area contributed by atoms with E-state index in [0.717, 1.165) is 0 Å². The number of rotatable bonds is 3. The minimum atomic E-state index is -3.94. The maximum atomic E-state index is 12.3. The number of aromatic hydroxyl groups is 1. The molecule has 5 nitrogen and oxygen atoms in total. The Balaban J connectivity index is 2.43. The highest BCUT2D eigenvalue weighted by Gasteiger charge is 2.21. The third kappa shape index (κ3) is 3.18. The summed E-state index contributed by atoms with van der Waals surface area (Å²) < 4.78 is 26.9. The SMILES string of the molecule is Cc1ccc(NS(=O)(=O)c2ccc(Cl)c(N)c2Cl)cc1O. The largest absolute Gasteiger partial charge is 0.508 e. The lowest BCUT2D eigenvalue weighted by atomic mass is 10.2. The summed E-state index contributed by atoms with van der Waals surface area (Å²) in [6, 6.07) is 7.03. The van der Waals surface area contributed by atoms with Crippen molar-refractivity contribution < 1.29 is 13.5 Å². The van der Waals surface area contributed by atoms with Crippen LogP contribution < -0.4 is 10.5 Å². The molecule has 0 atom stereocenters. The van der Waals surface area contributed by atoms with E-state index < -0.39 is 10.0 Å². The monoisotopic (exact) mass is 346 g/mol. The van der Waals surface area contributed by atoms with Gasteiger partial charge in [0.1, 0.15) is 10.6 Å². The summed E-state index contributed by atoms with van der Waals surface area (Å²) in [6.07, 6.45) is 0. The van der Waals surface area contributed by atoms with Gasteiger partial charge < -0.3 is 10.8 Å². The van der Waals surface area contributed by atoms with Crippen LogP contribution in [0.15, 0.2) is 35.2 Å². The molecule has 0 saturated carbocycles. The maximum Gasteiger partial charge on any atom is 0.263 e. The van der Waals surface area contributed by atoms with Gasteiger partial charge in [-0.25, -0.2) is 8.42 Å². The highest BCUT2D eigenvalue weighted by Crippen LogP contribution is 2.34. The molecule has 0 aromatic heterocycles. The number of nitrogens with one attached hydrogen (secondary N) is 1. The Labute approximate surface area is 132 Å². The summed E-state index contributed by atoms with van der Waals surface area (Å²) in [4.78, 5) is -0.189. The summed E-state index contributed by atoms with van der Waals surface area (Å²) >= 11 is 11.7. The van der Waals surface area contributed by atoms with E-state index in [0.29, 0.717) is 5.56 Å². The van der Waals surface area contributed by atoms with Gasteiger partial charge in [0, 0.05) is 6.07 Å². The number of hydrogen-bond acceptors (Lipinski definition) is 4. The summed E-state index contributed by atoms with van der Waals surface area (Å²) in [5.74, 6) is -0.0167. The summed E-state index contributed by atoms with van der Waals surface area (Å²) in [5.41, 5.74) is 6.46. The molecule has 4 N–H and O–H groups in total. The molecule has 0 heterocycles. The van der Waals surface area contributed by atoms with Crippen LogP contribution in [0.1, 0.15) is 5.56 Å². The summed E-state index contributed by atoms with van der Waals surface area (Å²) in [6.45, 7) is 1.70. The molecule has 0 aliphatic carbocycles. The minimum absolute atomic E-state index is 0.00652. The molecular formula is C13H12Cl2N2O3S. The molecule has 0 bridgehead atoms. The number of halogens is 2. The number of phenols is 1. The first-order chi connectivity index (χ1) is 9.72. The van der Waals surface area contributed by atoms with Crippen LogP contribution in [0.4, 0.5) is 11.4 Å². The van der Waals surface area contributed by atoms with Gasteiger partial charge in [0.25, 0.3) is 10.0 Å². The number of phenolic OH excluding ortho intramolecular Hbond substituents is 1. The van der Waals surface area contributed by atoms with E-state index >= 15 is 0 Å². The molecule has 2 rings (SSSR count). The van der Waals surface area contributed by atoms with Crippen LogP contribution in [-0.4, -0.2) is 13.5 Å². The maximum absolute atomic E-state index is 12.3. The van der Waals surface area contributed by atoms with Crippen molar-refractivity contribution in [1.29, 1.82) is 0 Å². The zero-order valence-corrected chi connectivity index (χ0v) is 13.2. The van der Waals surface area contributed by atoms with Gasteiger partial charge in [0.2, 0.25) is 0 Å². The van der Waals surface area contributed by atoms with Gasteiger partial charge in [-0.2, -0.15) is 0 Å². The number of anilines is 2. The smallest absolute Gasteiger partial charge is 0.263 e. The first-order valence-corrected chi connectivity index (χ1v) is 8.02. The van der Waals surface area contributed by atoms with E-state index in [4.69, 9.17) is 28.9 Å². The molecule has 0 radical (unpaired) electrons. The number of nitrogens with two attached hydrogens (primary N) is 1. The lowest BCUT2D eigenvalue weighted by Gasteiger charge is -2.12. The number of benzene rings is 2. The highest BCUT2D eigenvalue weighted by atomic mass is 35.5. The van der Waals surface area contributed by atoms with Crippen molar-refractivity contribution >= 4 is 44.6 Å². The standard InChI is InChI=1S/C13H12Cl2N2O3S/c1-7-2-3-8(6-10(7)18)17-21(19,20)11-5-4-9(14)13(16)12(11)15/h2-6,17-18H,16H2,1H3. The molecule has 0 aliphatic rings. The first kappa shape index (κ1) is 15.8. The number of nitrogen functional groups attached to an aromatic ring is 1. The number of sulfonamides is 1. The Hall–Kier alpha value is -1.63. The van der Waals surface area contributed by atoms with Crippen LogP contribution >= 0.6 is 23.2 Å². The quantitative estimate of drug-likeness (QED) is 0.742. The van der Waals surface area contributed by atoms with Crippen LogP contribution in [0.25, 0.3) is 0 Å². The molecule has 0 saturated heterocycles. The molecule has 0 amide bonds. The molecule has 2 aromatic rings. The molecular weight excluding hydrogens is 335 g/mol. The van der Waals surface area contributed by atoms with Gasteiger partial charge in [0.05, 0.1) is 21.4 Å². The van der Waals surface area contributed by atoms with Crippen LogP contribution in [0.2, 0.25) is 10.0 Å². The van der Waals surface area contributed by atoms with Crippen molar-refractivity contribution in [2.45, 2.75) is 11.8 Å². The van der Waals surface area contributed by atoms with Gasteiger partial charge in [-0.15, -0.1) is 0 Å². The Morgan fingerprint density at radius 2 is 1.86 bits per heavy atom. The van der Waals surface area contributed by atoms with Crippen molar-refractivity contribution in [2.75, 3.05) is 10.5 Å². The van der Waals surface area contributed by atoms with Crippen molar-refractivity contribution in [3.8, 4) is 5.75 Å². The van der Waals surface area contributed by atoms with Gasteiger partial charge in [-0.1, -0.05) is 29.3 Å². The molecule has 21 heavy (non-hydrogen) atoms. The second-order valence-electron chi connectivity index (χ2n) is 4.38. The normalized spacial score (nSPS) is 11.4. The fourth-order valence-electron chi connectivity index (χ4n) is 1.64. The van der Waals surface area contributed by atoms with E-state index in [1.807, 2.05) is 0 Å². The van der Waals surface area contributed by atoms with E-state index in [9.17, 15) is 13.5 Å². The fourth-order valence-corrected chi connectivity index (χ4v) is 3.46. The minimum Gasteiger partial charge on any atom is -0.508 e. The molecule has 0 fully saturated rings. The molecule has 8 heteroatoms. The fraction of sp³-hybridized carbons (Fsp3) is 0.0769. The molecule has 0 unspecified atom stereocenters. The predicted molar refractivity (Wildman–Crippen MR) is 84.5 cm³/mol. The van der Waals surface area contributed by atoms with E-state index in [1.165, 1.54) is 24.3 Å². The third-order valence-corrected chi connectivity index (χ3v) is 5.11. The first-order valence-electron chi connectivity index (χ1n) is 5.78. The predicted octanol–water partition coefficient (Wildman–Crippen LogP) is 3.39. The summed E-state index contributed by atoms with van der Waals surface area (Å²) in [7, 11) is -3.94. The Morgan fingerprint density at radius 3 is 2.48 bits per heavy atom. The van der Waals surface area contributed by atoms with E-state index in [1.54, 1.807) is 13.0 Å². The number of aryl methyl sites for hydroxylation is 1. The molecule has 2 aromatic carbocycles.